The van der Waals surface area contributed by atoms with Crippen molar-refractivity contribution in [1.82, 2.24) is 9.55 Å². The largest absolute Gasteiger partial charge is 0.378 e. The van der Waals surface area contributed by atoms with Gasteiger partial charge in [0.15, 0.2) is 0 Å². The van der Waals surface area contributed by atoms with Crippen LogP contribution in [0.3, 0.4) is 0 Å². The second-order valence-corrected chi connectivity index (χ2v) is 6.46. The Balaban J connectivity index is 2.11. The lowest BCUT2D eigenvalue weighted by atomic mass is 10.0. The van der Waals surface area contributed by atoms with E-state index < -0.39 is 0 Å². The zero-order valence-corrected chi connectivity index (χ0v) is 13.5. The first-order chi connectivity index (χ1) is 10.1. The van der Waals surface area contributed by atoms with E-state index in [4.69, 9.17) is 26.1 Å². The SMILES string of the molecule is COC1(Cn2c(C(C)Cl)nc3c(C)cccc32)CCOC1. The molecule has 1 fully saturated rings. The van der Waals surface area contributed by atoms with Gasteiger partial charge in [-0.25, -0.2) is 4.98 Å². The van der Waals surface area contributed by atoms with E-state index in [0.717, 1.165) is 36.4 Å². The summed E-state index contributed by atoms with van der Waals surface area (Å²) in [6, 6.07) is 6.23. The summed E-state index contributed by atoms with van der Waals surface area (Å²) in [5.41, 5.74) is 3.02. The molecule has 4 nitrogen and oxygen atoms in total. The van der Waals surface area contributed by atoms with Crippen molar-refractivity contribution in [2.24, 2.45) is 0 Å². The molecule has 0 bridgehead atoms. The zero-order valence-electron chi connectivity index (χ0n) is 12.7. The second kappa shape index (κ2) is 5.59. The van der Waals surface area contributed by atoms with E-state index in [1.807, 2.05) is 6.92 Å². The van der Waals surface area contributed by atoms with Crippen LogP contribution in [0, 0.1) is 6.92 Å². The van der Waals surface area contributed by atoms with Crippen molar-refractivity contribution in [2.45, 2.75) is 37.8 Å². The van der Waals surface area contributed by atoms with Crippen LogP contribution < -0.4 is 0 Å². The van der Waals surface area contributed by atoms with Gasteiger partial charge in [0.05, 0.1) is 29.6 Å². The maximum Gasteiger partial charge on any atom is 0.127 e. The standard InChI is InChI=1S/C16H21ClN2O2/c1-11-5-4-6-13-14(11)18-15(12(2)17)19(13)9-16(20-3)7-8-21-10-16/h4-6,12H,7-10H2,1-3H3. The summed E-state index contributed by atoms with van der Waals surface area (Å²) in [6.45, 7) is 6.11. The lowest BCUT2D eigenvalue weighted by Crippen LogP contribution is -2.37. The summed E-state index contributed by atoms with van der Waals surface area (Å²) in [6.07, 6.45) is 0.894. The molecule has 2 unspecified atom stereocenters. The number of benzene rings is 1. The average molecular weight is 309 g/mol. The van der Waals surface area contributed by atoms with Crippen LogP contribution in [0.4, 0.5) is 0 Å². The summed E-state index contributed by atoms with van der Waals surface area (Å²) in [5.74, 6) is 0.893. The number of ether oxygens (including phenoxy) is 2. The van der Waals surface area contributed by atoms with Crippen LogP contribution >= 0.6 is 11.6 Å². The second-order valence-electron chi connectivity index (χ2n) is 5.80. The highest BCUT2D eigenvalue weighted by Gasteiger charge is 2.36. The van der Waals surface area contributed by atoms with Crippen LogP contribution in [0.25, 0.3) is 11.0 Å². The number of halogens is 1. The molecule has 0 spiro atoms. The first-order valence-corrected chi connectivity index (χ1v) is 7.73. The molecule has 5 heteroatoms. The number of aryl methyl sites for hydroxylation is 1. The number of aromatic nitrogens is 2. The minimum Gasteiger partial charge on any atom is -0.378 e. The normalized spacial score (nSPS) is 23.8. The van der Waals surface area contributed by atoms with E-state index in [2.05, 4.69) is 29.7 Å². The molecule has 2 atom stereocenters. The Hall–Kier alpha value is -1.10. The number of nitrogens with zero attached hydrogens (tertiary/aromatic N) is 2. The topological polar surface area (TPSA) is 36.3 Å². The maximum atomic E-state index is 6.35. The van der Waals surface area contributed by atoms with E-state index in [9.17, 15) is 0 Å². The van der Waals surface area contributed by atoms with E-state index in [1.54, 1.807) is 7.11 Å². The number of rotatable bonds is 4. The van der Waals surface area contributed by atoms with Gasteiger partial charge < -0.3 is 14.0 Å². The molecule has 0 amide bonds. The van der Waals surface area contributed by atoms with Crippen LogP contribution in [0.15, 0.2) is 18.2 Å². The van der Waals surface area contributed by atoms with Gasteiger partial charge in [0, 0.05) is 20.1 Å². The molecular weight excluding hydrogens is 288 g/mol. The summed E-state index contributed by atoms with van der Waals surface area (Å²) in [4.78, 5) is 4.75. The molecule has 1 aliphatic rings. The fourth-order valence-electron chi connectivity index (χ4n) is 3.00. The van der Waals surface area contributed by atoms with Gasteiger partial charge in [-0.2, -0.15) is 0 Å². The molecule has 0 N–H and O–H groups in total. The van der Waals surface area contributed by atoms with Gasteiger partial charge in [-0.15, -0.1) is 11.6 Å². The predicted octanol–water partition coefficient (Wildman–Crippen LogP) is 3.45. The predicted molar refractivity (Wildman–Crippen MR) is 83.9 cm³/mol. The molecule has 1 aliphatic heterocycles. The highest BCUT2D eigenvalue weighted by Crippen LogP contribution is 2.31. The van der Waals surface area contributed by atoms with Crippen molar-refractivity contribution in [3.8, 4) is 0 Å². The number of para-hydroxylation sites is 1. The Morgan fingerprint density at radius 2 is 2.33 bits per heavy atom. The van der Waals surface area contributed by atoms with Gasteiger partial charge in [0.2, 0.25) is 0 Å². The van der Waals surface area contributed by atoms with Crippen molar-refractivity contribution in [1.29, 1.82) is 0 Å². The Morgan fingerprint density at radius 3 is 2.95 bits per heavy atom. The molecule has 0 radical (unpaired) electrons. The molecule has 0 aliphatic carbocycles. The van der Waals surface area contributed by atoms with Crippen molar-refractivity contribution >= 4 is 22.6 Å². The first-order valence-electron chi connectivity index (χ1n) is 7.29. The third-order valence-corrected chi connectivity index (χ3v) is 4.51. The molecule has 21 heavy (non-hydrogen) atoms. The van der Waals surface area contributed by atoms with Crippen molar-refractivity contribution < 1.29 is 9.47 Å². The van der Waals surface area contributed by atoms with Crippen molar-refractivity contribution in [2.75, 3.05) is 20.3 Å². The monoisotopic (exact) mass is 308 g/mol. The van der Waals surface area contributed by atoms with E-state index in [0.29, 0.717) is 6.61 Å². The summed E-state index contributed by atoms with van der Waals surface area (Å²) < 4.78 is 13.5. The quantitative estimate of drug-likeness (QED) is 0.812. The Labute approximate surface area is 130 Å². The molecule has 3 rings (SSSR count). The number of alkyl halides is 1. The third kappa shape index (κ3) is 2.56. The Kier molecular flexibility index (Phi) is 3.95. The zero-order chi connectivity index (χ0) is 15.0. The molecule has 114 valence electrons. The molecule has 2 aromatic rings. The molecular formula is C16H21ClN2O2. The smallest absolute Gasteiger partial charge is 0.127 e. The van der Waals surface area contributed by atoms with Crippen LogP contribution in [0.2, 0.25) is 0 Å². The lowest BCUT2D eigenvalue weighted by Gasteiger charge is -2.27. The van der Waals surface area contributed by atoms with Gasteiger partial charge in [0.25, 0.3) is 0 Å². The average Bonchev–Trinajstić information content (AvgIpc) is 3.06. The highest BCUT2D eigenvalue weighted by atomic mass is 35.5. The van der Waals surface area contributed by atoms with Gasteiger partial charge in [0.1, 0.15) is 11.4 Å². The fraction of sp³-hybridized carbons (Fsp3) is 0.562. The van der Waals surface area contributed by atoms with Crippen molar-refractivity contribution in [3.05, 3.63) is 29.6 Å². The summed E-state index contributed by atoms with van der Waals surface area (Å²) >= 11 is 6.35. The van der Waals surface area contributed by atoms with Gasteiger partial charge in [-0.3, -0.25) is 0 Å². The van der Waals surface area contributed by atoms with Crippen LogP contribution in [-0.4, -0.2) is 35.5 Å². The van der Waals surface area contributed by atoms with Gasteiger partial charge in [-0.05, 0) is 25.5 Å². The minimum absolute atomic E-state index is 0.145. The summed E-state index contributed by atoms with van der Waals surface area (Å²) in [7, 11) is 1.75. The van der Waals surface area contributed by atoms with Gasteiger partial charge in [-0.1, -0.05) is 12.1 Å². The first kappa shape index (κ1) is 14.8. The minimum atomic E-state index is -0.280. The maximum absolute atomic E-state index is 6.35. The van der Waals surface area contributed by atoms with Gasteiger partial charge >= 0.3 is 0 Å². The highest BCUT2D eigenvalue weighted by molar-refractivity contribution is 6.20. The number of methoxy groups -OCH3 is 1. The molecule has 1 saturated heterocycles. The number of imidazole rings is 1. The van der Waals surface area contributed by atoms with E-state index in [-0.39, 0.29) is 11.0 Å². The Bertz CT molecular complexity index is 645. The van der Waals surface area contributed by atoms with Crippen LogP contribution in [0.1, 0.15) is 30.1 Å². The summed E-state index contributed by atoms with van der Waals surface area (Å²) in [5, 5.41) is -0.145. The molecule has 0 saturated carbocycles. The number of fused-ring (bicyclic) bond motifs is 1. The third-order valence-electron chi connectivity index (χ3n) is 4.31. The lowest BCUT2D eigenvalue weighted by molar-refractivity contribution is -0.0292. The number of hydrogen-bond donors (Lipinski definition) is 0. The van der Waals surface area contributed by atoms with Crippen LogP contribution in [-0.2, 0) is 16.0 Å². The molecule has 1 aromatic carbocycles. The fourth-order valence-corrected chi connectivity index (χ4v) is 3.17. The van der Waals surface area contributed by atoms with E-state index in [1.165, 1.54) is 5.56 Å². The van der Waals surface area contributed by atoms with Crippen molar-refractivity contribution in [3.63, 3.8) is 0 Å². The molecule has 2 heterocycles. The Morgan fingerprint density at radius 1 is 1.52 bits per heavy atom. The van der Waals surface area contributed by atoms with E-state index >= 15 is 0 Å². The van der Waals surface area contributed by atoms with Crippen LogP contribution in [0.5, 0.6) is 0 Å². The number of hydrogen-bond acceptors (Lipinski definition) is 3. The molecule has 1 aromatic heterocycles.